The van der Waals surface area contributed by atoms with Gasteiger partial charge < -0.3 is 4.74 Å². The predicted octanol–water partition coefficient (Wildman–Crippen LogP) is 2.40. The third-order valence-electron chi connectivity index (χ3n) is 2.13. The minimum atomic E-state index is -0.595. The van der Waals surface area contributed by atoms with E-state index in [1.807, 2.05) is 0 Å². The van der Waals surface area contributed by atoms with Gasteiger partial charge in [0.2, 0.25) is 6.29 Å². The molecule has 0 fully saturated rings. The van der Waals surface area contributed by atoms with E-state index >= 15 is 0 Å². The third-order valence-corrected chi connectivity index (χ3v) is 2.13. The first-order valence-electron chi connectivity index (χ1n) is 5.06. The second-order valence-corrected chi connectivity index (χ2v) is 4.69. The van der Waals surface area contributed by atoms with Gasteiger partial charge >= 0.3 is 5.97 Å². The van der Waals surface area contributed by atoms with Crippen LogP contribution in [0.4, 0.5) is 0 Å². The van der Waals surface area contributed by atoms with Gasteiger partial charge in [0, 0.05) is 0 Å². The van der Waals surface area contributed by atoms with Crippen molar-refractivity contribution in [2.45, 2.75) is 27.7 Å². The molecule has 0 saturated heterocycles. The van der Waals surface area contributed by atoms with E-state index in [2.05, 4.69) is 0 Å². The molecule has 3 heteroatoms. The number of aryl methyl sites for hydroxylation is 1. The maximum absolute atomic E-state index is 11.7. The normalized spacial score (nSPS) is 11.0. The molecule has 1 rings (SSSR count). The largest absolute Gasteiger partial charge is 0.425 e. The fraction of sp³-hybridized carbons (Fsp3) is 0.385. The summed E-state index contributed by atoms with van der Waals surface area (Å²) < 4.78 is 5.23. The van der Waals surface area contributed by atoms with Crippen molar-refractivity contribution in [2.75, 3.05) is 0 Å². The van der Waals surface area contributed by atoms with Crippen molar-refractivity contribution in [3.8, 4) is 5.75 Å². The molecule has 16 heavy (non-hydrogen) atoms. The first kappa shape index (κ1) is 12.4. The molecular formula is C13H15O3. The zero-order valence-corrected chi connectivity index (χ0v) is 9.96. The second kappa shape index (κ2) is 4.47. The van der Waals surface area contributed by atoms with Crippen molar-refractivity contribution in [1.82, 2.24) is 0 Å². The predicted molar refractivity (Wildman–Crippen MR) is 61.1 cm³/mol. The Morgan fingerprint density at radius 2 is 1.94 bits per heavy atom. The highest BCUT2D eigenvalue weighted by molar-refractivity contribution is 5.85. The molecule has 0 aromatic heterocycles. The van der Waals surface area contributed by atoms with Crippen molar-refractivity contribution in [3.63, 3.8) is 0 Å². The van der Waals surface area contributed by atoms with Gasteiger partial charge in [0.05, 0.1) is 11.0 Å². The van der Waals surface area contributed by atoms with Crippen LogP contribution in [0.3, 0.4) is 0 Å². The van der Waals surface area contributed by atoms with Crippen LogP contribution in [0.1, 0.15) is 31.9 Å². The van der Waals surface area contributed by atoms with Gasteiger partial charge in [-0.1, -0.05) is 12.1 Å². The lowest BCUT2D eigenvalue weighted by molar-refractivity contribution is -0.143. The maximum Gasteiger partial charge on any atom is 0.316 e. The van der Waals surface area contributed by atoms with Crippen LogP contribution < -0.4 is 4.74 Å². The summed E-state index contributed by atoms with van der Waals surface area (Å²) in [6, 6.07) is 5.08. The van der Waals surface area contributed by atoms with E-state index in [-0.39, 0.29) is 11.5 Å². The average Bonchev–Trinajstić information content (AvgIpc) is 2.19. The molecule has 85 valence electrons. The summed E-state index contributed by atoms with van der Waals surface area (Å²) in [7, 11) is 0. The van der Waals surface area contributed by atoms with Crippen LogP contribution in [0.15, 0.2) is 18.2 Å². The summed E-state index contributed by atoms with van der Waals surface area (Å²) in [5.74, 6) is -0.0595. The number of rotatable bonds is 2. The molecule has 0 bridgehead atoms. The van der Waals surface area contributed by atoms with Crippen molar-refractivity contribution >= 4 is 12.3 Å². The van der Waals surface area contributed by atoms with E-state index in [1.54, 1.807) is 52.2 Å². The highest BCUT2D eigenvalue weighted by atomic mass is 16.5. The van der Waals surface area contributed by atoms with Crippen LogP contribution in [0.5, 0.6) is 5.75 Å². The van der Waals surface area contributed by atoms with Crippen molar-refractivity contribution in [3.05, 3.63) is 29.3 Å². The molecule has 0 spiro atoms. The minimum absolute atomic E-state index is 0.276. The standard InChI is InChI=1S/C13H15O3/c1-9-6-5-7-10(8-14)11(9)16-12(15)13(2,3)4/h5-7H,1-4H3. The molecule has 0 heterocycles. The SMILES string of the molecule is Cc1cccc([C]=O)c1OC(=O)C(C)(C)C. The van der Waals surface area contributed by atoms with Crippen molar-refractivity contribution in [2.24, 2.45) is 5.41 Å². The lowest BCUT2D eigenvalue weighted by Gasteiger charge is -2.18. The van der Waals surface area contributed by atoms with E-state index in [1.165, 1.54) is 0 Å². The van der Waals surface area contributed by atoms with E-state index in [0.717, 1.165) is 5.56 Å². The van der Waals surface area contributed by atoms with E-state index in [9.17, 15) is 9.59 Å². The van der Waals surface area contributed by atoms with E-state index in [4.69, 9.17) is 4.74 Å². The van der Waals surface area contributed by atoms with Gasteiger partial charge in [-0.15, -0.1) is 0 Å². The molecule has 0 aliphatic carbocycles. The van der Waals surface area contributed by atoms with E-state index < -0.39 is 5.41 Å². The van der Waals surface area contributed by atoms with Gasteiger partial charge in [-0.3, -0.25) is 9.59 Å². The fourth-order valence-corrected chi connectivity index (χ4v) is 1.11. The molecule has 1 aromatic rings. The number of para-hydroxylation sites is 1. The quantitative estimate of drug-likeness (QED) is 0.566. The molecule has 0 unspecified atom stereocenters. The molecule has 0 saturated carbocycles. The second-order valence-electron chi connectivity index (χ2n) is 4.69. The lowest BCUT2D eigenvalue weighted by Crippen LogP contribution is -2.26. The Hall–Kier alpha value is -1.64. The van der Waals surface area contributed by atoms with Gasteiger partial charge in [-0.2, -0.15) is 0 Å². The Kier molecular flexibility index (Phi) is 3.48. The number of hydrogen-bond acceptors (Lipinski definition) is 3. The fourth-order valence-electron chi connectivity index (χ4n) is 1.11. The Balaban J connectivity index is 3.06. The van der Waals surface area contributed by atoms with Crippen molar-refractivity contribution in [1.29, 1.82) is 0 Å². The third kappa shape index (κ3) is 2.69. The number of ether oxygens (including phenoxy) is 1. The first-order chi connectivity index (χ1) is 7.36. The van der Waals surface area contributed by atoms with Crippen LogP contribution in [0.2, 0.25) is 0 Å². The molecule has 1 aromatic carbocycles. The summed E-state index contributed by atoms with van der Waals surface area (Å²) in [6.07, 6.45) is 1.77. The van der Waals surface area contributed by atoms with Gasteiger partial charge in [0.15, 0.2) is 0 Å². The van der Waals surface area contributed by atoms with Crippen LogP contribution in [0.25, 0.3) is 0 Å². The van der Waals surface area contributed by atoms with Gasteiger partial charge in [-0.25, -0.2) is 0 Å². The summed E-state index contributed by atoms with van der Waals surface area (Å²) in [5.41, 5.74) is 0.429. The number of benzene rings is 1. The average molecular weight is 219 g/mol. The number of hydrogen-bond donors (Lipinski definition) is 0. The van der Waals surface area contributed by atoms with Gasteiger partial charge in [0.25, 0.3) is 0 Å². The van der Waals surface area contributed by atoms with Crippen LogP contribution in [-0.2, 0) is 9.59 Å². The summed E-state index contributed by atoms with van der Waals surface area (Å²) in [6.45, 7) is 7.07. The van der Waals surface area contributed by atoms with E-state index in [0.29, 0.717) is 5.75 Å². The zero-order valence-electron chi connectivity index (χ0n) is 9.96. The van der Waals surface area contributed by atoms with Gasteiger partial charge in [0.1, 0.15) is 5.75 Å². The molecular weight excluding hydrogens is 204 g/mol. The minimum Gasteiger partial charge on any atom is -0.425 e. The molecule has 0 amide bonds. The summed E-state index contributed by atoms with van der Waals surface area (Å²) in [5, 5.41) is 0. The van der Waals surface area contributed by atoms with Gasteiger partial charge in [-0.05, 0) is 39.3 Å². The summed E-state index contributed by atoms with van der Waals surface area (Å²) >= 11 is 0. The lowest BCUT2D eigenvalue weighted by atomic mass is 9.97. The number of carbonyl (C=O) groups is 1. The molecule has 3 nitrogen and oxygen atoms in total. The summed E-state index contributed by atoms with van der Waals surface area (Å²) in [4.78, 5) is 22.4. The van der Waals surface area contributed by atoms with Crippen LogP contribution >= 0.6 is 0 Å². The van der Waals surface area contributed by atoms with Crippen molar-refractivity contribution < 1.29 is 14.3 Å². The monoisotopic (exact) mass is 219 g/mol. The highest BCUT2D eigenvalue weighted by Gasteiger charge is 2.25. The number of esters is 1. The Morgan fingerprint density at radius 1 is 1.31 bits per heavy atom. The maximum atomic E-state index is 11.7. The first-order valence-corrected chi connectivity index (χ1v) is 5.06. The van der Waals surface area contributed by atoms with Crippen LogP contribution in [-0.4, -0.2) is 12.3 Å². The molecule has 0 atom stereocenters. The molecule has 0 N–H and O–H groups in total. The smallest absolute Gasteiger partial charge is 0.316 e. The Morgan fingerprint density at radius 3 is 2.44 bits per heavy atom. The Labute approximate surface area is 95.4 Å². The topological polar surface area (TPSA) is 43.4 Å². The molecule has 0 aliphatic rings. The molecule has 0 aliphatic heterocycles. The molecule has 1 radical (unpaired) electrons. The highest BCUT2D eigenvalue weighted by Crippen LogP contribution is 2.25. The van der Waals surface area contributed by atoms with Crippen LogP contribution in [0, 0.1) is 12.3 Å². The Bertz CT molecular complexity index is 414. The zero-order chi connectivity index (χ0) is 12.3. The number of carbonyl (C=O) groups excluding carboxylic acids is 2.